The molecule has 0 saturated carbocycles. The fourth-order valence-electron chi connectivity index (χ4n) is 1.92. The number of carboxylic acid groups (broad SMARTS) is 1. The molecule has 0 spiro atoms. The van der Waals surface area contributed by atoms with Gasteiger partial charge in [0.25, 0.3) is 0 Å². The van der Waals surface area contributed by atoms with Crippen molar-refractivity contribution in [1.82, 2.24) is 0 Å². The molecule has 1 atom stereocenters. The van der Waals surface area contributed by atoms with Crippen molar-refractivity contribution in [1.29, 1.82) is 0 Å². The third-order valence-corrected chi connectivity index (χ3v) is 3.19. The Bertz CT molecular complexity index is 270. The first-order valence-corrected chi connectivity index (χ1v) is 7.54. The van der Waals surface area contributed by atoms with E-state index in [1.807, 2.05) is 0 Å². The smallest absolute Gasteiger partial charge is 0.862 e. The molecule has 0 aromatic heterocycles. The zero-order valence-electron chi connectivity index (χ0n) is 13.4. The van der Waals surface area contributed by atoms with Crippen LogP contribution in [0.1, 0.15) is 78.1 Å². The molecule has 20 heavy (non-hydrogen) atoms. The molecular weight excluding hydrogens is 281 g/mol. The molecule has 0 rings (SSSR count). The van der Waals surface area contributed by atoms with Crippen LogP contribution in [0.3, 0.4) is 0 Å². The molecule has 0 aliphatic heterocycles. The molecule has 1 N–H and O–H groups in total. The summed E-state index contributed by atoms with van der Waals surface area (Å²) >= 11 is 0. The minimum Gasteiger partial charge on any atom is -0.862 e. The van der Waals surface area contributed by atoms with E-state index in [1.165, 1.54) is 45.4 Å². The fourth-order valence-corrected chi connectivity index (χ4v) is 1.92. The molecule has 0 amide bonds. The minimum absolute atomic E-state index is 0. The van der Waals surface area contributed by atoms with Gasteiger partial charge in [-0.3, -0.25) is 4.99 Å². The third kappa shape index (κ3) is 15.0. The van der Waals surface area contributed by atoms with Crippen molar-refractivity contribution in [2.45, 2.75) is 84.1 Å². The molecular formula is C15H28KNO3. The molecule has 0 unspecified atom stereocenters. The maximum absolute atomic E-state index is 11.3. The summed E-state index contributed by atoms with van der Waals surface area (Å²) < 4.78 is 0. The predicted octanol–water partition coefficient (Wildman–Crippen LogP) is 0.143. The van der Waals surface area contributed by atoms with Crippen LogP contribution in [-0.4, -0.2) is 23.0 Å². The predicted molar refractivity (Wildman–Crippen MR) is 76.4 cm³/mol. The SMILES string of the molecule is CCCCCCCCCCCC([O-])=N[C@@H](C)C(=O)O.[K+]. The second kappa shape index (κ2) is 16.0. The van der Waals surface area contributed by atoms with Crippen LogP contribution >= 0.6 is 0 Å². The van der Waals surface area contributed by atoms with Crippen molar-refractivity contribution in [3.8, 4) is 0 Å². The Morgan fingerprint density at radius 1 is 1.05 bits per heavy atom. The van der Waals surface area contributed by atoms with E-state index in [0.717, 1.165) is 19.3 Å². The first-order valence-electron chi connectivity index (χ1n) is 7.54. The van der Waals surface area contributed by atoms with E-state index >= 15 is 0 Å². The van der Waals surface area contributed by atoms with Gasteiger partial charge in [-0.25, -0.2) is 4.79 Å². The Labute approximate surface area is 165 Å². The monoisotopic (exact) mass is 309 g/mol. The van der Waals surface area contributed by atoms with Crippen LogP contribution in [0, 0.1) is 0 Å². The summed E-state index contributed by atoms with van der Waals surface area (Å²) in [6, 6.07) is -0.911. The quantitative estimate of drug-likeness (QED) is 0.241. The standard InChI is InChI=1S/C15H29NO3.K/c1-3-4-5-6-7-8-9-10-11-12-14(17)16-13(2)15(18)19;/h13H,3-12H2,1-2H3,(H,16,17)(H,18,19);/q;+1/p-1/t13-;/m0./s1. The minimum atomic E-state index is -1.04. The van der Waals surface area contributed by atoms with Crippen LogP contribution in [0.5, 0.6) is 0 Å². The number of rotatable bonds is 12. The second-order valence-electron chi connectivity index (χ2n) is 5.12. The zero-order valence-corrected chi connectivity index (χ0v) is 16.5. The van der Waals surface area contributed by atoms with Crippen LogP contribution in [0.4, 0.5) is 0 Å². The number of hydrogen-bond donors (Lipinski definition) is 1. The van der Waals surface area contributed by atoms with E-state index in [4.69, 9.17) is 5.11 Å². The van der Waals surface area contributed by atoms with E-state index in [9.17, 15) is 9.90 Å². The van der Waals surface area contributed by atoms with Gasteiger partial charge in [0.1, 0.15) is 6.04 Å². The summed E-state index contributed by atoms with van der Waals surface area (Å²) in [6.45, 7) is 3.64. The number of aliphatic imine (C=N–C) groups is 1. The van der Waals surface area contributed by atoms with Crippen LogP contribution < -0.4 is 56.5 Å². The van der Waals surface area contributed by atoms with Gasteiger partial charge in [0.05, 0.1) is 0 Å². The molecule has 0 aromatic rings. The van der Waals surface area contributed by atoms with Crippen molar-refractivity contribution in [3.63, 3.8) is 0 Å². The topological polar surface area (TPSA) is 72.7 Å². The number of carbonyl (C=O) groups is 1. The molecule has 0 radical (unpaired) electrons. The number of carboxylic acids is 1. The van der Waals surface area contributed by atoms with E-state index in [2.05, 4.69) is 11.9 Å². The average Bonchev–Trinajstić information content (AvgIpc) is 2.36. The van der Waals surface area contributed by atoms with E-state index in [-0.39, 0.29) is 57.3 Å². The number of nitrogens with zero attached hydrogens (tertiary/aromatic N) is 1. The normalized spacial score (nSPS) is 12.8. The van der Waals surface area contributed by atoms with Gasteiger partial charge in [-0.15, -0.1) is 0 Å². The van der Waals surface area contributed by atoms with Gasteiger partial charge in [-0.1, -0.05) is 58.3 Å². The zero-order chi connectivity index (χ0) is 14.5. The summed E-state index contributed by atoms with van der Waals surface area (Å²) in [5, 5.41) is 20.0. The van der Waals surface area contributed by atoms with Gasteiger partial charge in [0.15, 0.2) is 0 Å². The van der Waals surface area contributed by atoms with E-state index < -0.39 is 12.0 Å². The Morgan fingerprint density at radius 2 is 1.50 bits per heavy atom. The maximum Gasteiger partial charge on any atom is 1.00 e. The Kier molecular flexibility index (Phi) is 18.2. The van der Waals surface area contributed by atoms with Crippen LogP contribution in [-0.2, 0) is 4.79 Å². The summed E-state index contributed by atoms with van der Waals surface area (Å²) in [4.78, 5) is 14.1. The van der Waals surface area contributed by atoms with Crippen molar-refractivity contribution < 1.29 is 66.4 Å². The Balaban J connectivity index is 0. The molecule has 0 aromatic carbocycles. The first-order chi connectivity index (χ1) is 9.07. The molecule has 5 heteroatoms. The van der Waals surface area contributed by atoms with Crippen molar-refractivity contribution in [2.75, 3.05) is 0 Å². The largest absolute Gasteiger partial charge is 1.00 e. The van der Waals surface area contributed by atoms with Gasteiger partial charge < -0.3 is 10.2 Å². The maximum atomic E-state index is 11.3. The fraction of sp³-hybridized carbons (Fsp3) is 0.867. The summed E-state index contributed by atoms with van der Waals surface area (Å²) in [5.74, 6) is -1.32. The molecule has 0 heterocycles. The summed E-state index contributed by atoms with van der Waals surface area (Å²) in [6.07, 6.45) is 11.2. The van der Waals surface area contributed by atoms with E-state index in [1.54, 1.807) is 0 Å². The van der Waals surface area contributed by atoms with Crippen molar-refractivity contribution >= 4 is 11.9 Å². The van der Waals surface area contributed by atoms with Gasteiger partial charge in [0.2, 0.25) is 0 Å². The second-order valence-corrected chi connectivity index (χ2v) is 5.12. The van der Waals surface area contributed by atoms with Gasteiger partial charge in [-0.2, -0.15) is 0 Å². The molecule has 4 nitrogen and oxygen atoms in total. The van der Waals surface area contributed by atoms with Gasteiger partial charge >= 0.3 is 57.4 Å². The third-order valence-electron chi connectivity index (χ3n) is 3.19. The van der Waals surface area contributed by atoms with Gasteiger partial charge in [-0.05, 0) is 25.7 Å². The average molecular weight is 309 g/mol. The Morgan fingerprint density at radius 3 is 1.95 bits per heavy atom. The van der Waals surface area contributed by atoms with Crippen LogP contribution in [0.25, 0.3) is 0 Å². The van der Waals surface area contributed by atoms with E-state index in [0.29, 0.717) is 6.42 Å². The Hall–Kier alpha value is 0.576. The van der Waals surface area contributed by atoms with Crippen molar-refractivity contribution in [3.05, 3.63) is 0 Å². The van der Waals surface area contributed by atoms with Crippen LogP contribution in [0.2, 0.25) is 0 Å². The molecule has 0 aliphatic rings. The molecule has 0 saturated heterocycles. The number of hydrogen-bond acceptors (Lipinski definition) is 3. The number of unbranched alkanes of at least 4 members (excludes halogenated alkanes) is 8. The molecule has 0 aliphatic carbocycles. The molecule has 112 valence electrons. The van der Waals surface area contributed by atoms with Crippen molar-refractivity contribution in [2.24, 2.45) is 4.99 Å². The molecule has 0 fully saturated rings. The molecule has 0 bridgehead atoms. The van der Waals surface area contributed by atoms with Crippen LogP contribution in [0.15, 0.2) is 4.99 Å². The van der Waals surface area contributed by atoms with Gasteiger partial charge in [0, 0.05) is 0 Å². The first kappa shape index (κ1) is 22.9. The summed E-state index contributed by atoms with van der Waals surface area (Å²) in [5.41, 5.74) is 0. The number of aliphatic carboxylic acids is 1. The summed E-state index contributed by atoms with van der Waals surface area (Å²) in [7, 11) is 0.